The number of aromatic carboxylic acids is 1. The summed E-state index contributed by atoms with van der Waals surface area (Å²) >= 11 is 0. The molecule has 5 rings (SSSR count). The number of rotatable bonds is 5. The van der Waals surface area contributed by atoms with Crippen LogP contribution in [0.25, 0.3) is 5.65 Å². The number of anilines is 2. The highest BCUT2D eigenvalue weighted by molar-refractivity contribution is 5.94. The minimum absolute atomic E-state index is 0.0974. The summed E-state index contributed by atoms with van der Waals surface area (Å²) in [5.41, 5.74) is 3.62. The Morgan fingerprint density at radius 3 is 2.56 bits per heavy atom. The number of nitrogens with one attached hydrogen (secondary N) is 1. The van der Waals surface area contributed by atoms with E-state index in [0.29, 0.717) is 16.7 Å². The molecule has 0 bridgehead atoms. The number of hydrogen-bond donors (Lipinski definition) is 2. The Morgan fingerprint density at radius 2 is 1.88 bits per heavy atom. The van der Waals surface area contributed by atoms with Gasteiger partial charge in [0.25, 0.3) is 5.56 Å². The molecule has 1 aromatic carbocycles. The number of carbonyl (C=O) groups is 1. The summed E-state index contributed by atoms with van der Waals surface area (Å²) in [6.07, 6.45) is 6.81. The molecule has 1 spiro atoms. The van der Waals surface area contributed by atoms with Crippen molar-refractivity contribution in [3.8, 4) is 0 Å². The highest BCUT2D eigenvalue weighted by Crippen LogP contribution is 2.53. The topological polar surface area (TPSA) is 86.9 Å². The van der Waals surface area contributed by atoms with Crippen LogP contribution in [0.1, 0.15) is 60.1 Å². The van der Waals surface area contributed by atoms with Crippen molar-refractivity contribution >= 4 is 23.1 Å². The lowest BCUT2D eigenvalue weighted by Gasteiger charge is -2.33. The summed E-state index contributed by atoms with van der Waals surface area (Å²) in [4.78, 5) is 31.8. The van der Waals surface area contributed by atoms with Crippen molar-refractivity contribution in [2.45, 2.75) is 45.6 Å². The summed E-state index contributed by atoms with van der Waals surface area (Å²) < 4.78 is 1.60. The highest BCUT2D eigenvalue weighted by atomic mass is 16.4. The predicted molar refractivity (Wildman–Crippen MR) is 125 cm³/mol. The fourth-order valence-electron chi connectivity index (χ4n) is 4.83. The summed E-state index contributed by atoms with van der Waals surface area (Å²) in [7, 11) is 0. The molecule has 2 fully saturated rings. The minimum atomic E-state index is -0.982. The first kappa shape index (κ1) is 20.5. The number of aryl methyl sites for hydroxylation is 1. The number of pyridine rings is 1. The molecule has 32 heavy (non-hydrogen) atoms. The highest BCUT2D eigenvalue weighted by Gasteiger charge is 2.44. The first-order valence-corrected chi connectivity index (χ1v) is 11.2. The average molecular weight is 433 g/mol. The number of fused-ring (bicyclic) bond motifs is 1. The van der Waals surface area contributed by atoms with E-state index in [-0.39, 0.29) is 17.2 Å². The number of hydrogen-bond acceptors (Lipinski definition) is 5. The van der Waals surface area contributed by atoms with Crippen LogP contribution < -0.4 is 15.8 Å². The van der Waals surface area contributed by atoms with E-state index >= 15 is 0 Å². The molecule has 1 unspecified atom stereocenters. The van der Waals surface area contributed by atoms with Gasteiger partial charge < -0.3 is 15.3 Å². The van der Waals surface area contributed by atoms with Crippen molar-refractivity contribution in [2.24, 2.45) is 5.41 Å². The van der Waals surface area contributed by atoms with Gasteiger partial charge in [0.15, 0.2) is 0 Å². The lowest BCUT2D eigenvalue weighted by Crippen LogP contribution is -2.36. The van der Waals surface area contributed by atoms with Crippen LogP contribution >= 0.6 is 0 Å². The molecule has 0 radical (unpaired) electrons. The van der Waals surface area contributed by atoms with Crippen molar-refractivity contribution in [2.75, 3.05) is 23.3 Å². The fourth-order valence-corrected chi connectivity index (χ4v) is 4.83. The maximum Gasteiger partial charge on any atom is 0.337 e. The normalized spacial score (nSPS) is 18.0. The second kappa shape index (κ2) is 7.65. The van der Waals surface area contributed by atoms with Crippen molar-refractivity contribution < 1.29 is 9.90 Å². The van der Waals surface area contributed by atoms with E-state index in [4.69, 9.17) is 4.98 Å². The van der Waals surface area contributed by atoms with Gasteiger partial charge in [0, 0.05) is 36.6 Å². The predicted octanol–water partition coefficient (Wildman–Crippen LogP) is 4.25. The van der Waals surface area contributed by atoms with Crippen molar-refractivity contribution in [1.82, 2.24) is 9.38 Å². The zero-order chi connectivity index (χ0) is 22.5. The molecule has 1 saturated carbocycles. The number of para-hydroxylation sites is 1. The lowest BCUT2D eigenvalue weighted by molar-refractivity contribution is 0.0698. The van der Waals surface area contributed by atoms with Crippen LogP contribution in [0, 0.1) is 12.3 Å². The van der Waals surface area contributed by atoms with Crippen molar-refractivity contribution in [3.05, 3.63) is 69.6 Å². The average Bonchev–Trinajstić information content (AvgIpc) is 3.53. The SMILES string of the molecule is Cc1cc(C(C)Nc2ccccc2C(=O)O)c2nc(N3CCC4(CC3)CC4)cc(=O)n2c1. The first-order chi connectivity index (χ1) is 15.3. The van der Waals surface area contributed by atoms with Gasteiger partial charge in [0.05, 0.1) is 11.6 Å². The lowest BCUT2D eigenvalue weighted by atomic mass is 9.94. The van der Waals surface area contributed by atoms with Gasteiger partial charge in [-0.15, -0.1) is 0 Å². The zero-order valence-corrected chi connectivity index (χ0v) is 18.5. The largest absolute Gasteiger partial charge is 0.478 e. The molecule has 2 aromatic heterocycles. The summed E-state index contributed by atoms with van der Waals surface area (Å²) in [6, 6.07) is 10.3. The van der Waals surface area contributed by atoms with E-state index in [1.54, 1.807) is 34.7 Å². The number of benzene rings is 1. The van der Waals surface area contributed by atoms with Gasteiger partial charge in [-0.05, 0) is 68.7 Å². The van der Waals surface area contributed by atoms with Gasteiger partial charge in [0.2, 0.25) is 0 Å². The first-order valence-electron chi connectivity index (χ1n) is 11.2. The van der Waals surface area contributed by atoms with Crippen LogP contribution in [-0.4, -0.2) is 33.6 Å². The van der Waals surface area contributed by atoms with E-state index in [1.807, 2.05) is 26.1 Å². The second-order valence-corrected chi connectivity index (χ2v) is 9.32. The second-order valence-electron chi connectivity index (χ2n) is 9.32. The number of carboxylic acids is 1. The maximum atomic E-state index is 13.0. The fraction of sp³-hybridized carbons (Fsp3) is 0.400. The van der Waals surface area contributed by atoms with Gasteiger partial charge in [0.1, 0.15) is 11.5 Å². The standard InChI is InChI=1S/C25H28N4O3/c1-16-13-19(17(2)26-20-6-4-3-5-18(20)24(31)32)23-27-21(14-22(30)29(23)15-16)28-11-9-25(7-8-25)10-12-28/h3-6,13-15,17,26H,7-12H2,1-2H3,(H,31,32). The van der Waals surface area contributed by atoms with Crippen LogP contribution in [0.4, 0.5) is 11.5 Å². The molecule has 2 aliphatic rings. The van der Waals surface area contributed by atoms with E-state index in [9.17, 15) is 14.7 Å². The molecule has 2 N–H and O–H groups in total. The molecule has 1 saturated heterocycles. The van der Waals surface area contributed by atoms with Gasteiger partial charge >= 0.3 is 5.97 Å². The number of piperidine rings is 1. The van der Waals surface area contributed by atoms with Gasteiger partial charge in [-0.3, -0.25) is 9.20 Å². The molecule has 7 nitrogen and oxygen atoms in total. The van der Waals surface area contributed by atoms with E-state index < -0.39 is 5.97 Å². The molecular formula is C25H28N4O3. The molecule has 1 aliphatic heterocycles. The number of carboxylic acid groups (broad SMARTS) is 1. The van der Waals surface area contributed by atoms with E-state index in [1.165, 1.54) is 25.7 Å². The van der Waals surface area contributed by atoms with E-state index in [0.717, 1.165) is 30.0 Å². The Hall–Kier alpha value is -3.35. The molecule has 7 heteroatoms. The number of nitrogens with zero attached hydrogens (tertiary/aromatic N) is 3. The van der Waals surface area contributed by atoms with Crippen LogP contribution in [-0.2, 0) is 0 Å². The van der Waals surface area contributed by atoms with Crippen LogP contribution in [0.3, 0.4) is 0 Å². The van der Waals surface area contributed by atoms with Crippen molar-refractivity contribution in [1.29, 1.82) is 0 Å². The van der Waals surface area contributed by atoms with Crippen LogP contribution in [0.15, 0.2) is 47.4 Å². The molecule has 1 atom stereocenters. The Balaban J connectivity index is 1.53. The Kier molecular flexibility index (Phi) is 4.92. The van der Waals surface area contributed by atoms with Gasteiger partial charge in [-0.25, -0.2) is 9.78 Å². The molecule has 3 heterocycles. The van der Waals surface area contributed by atoms with Crippen LogP contribution in [0.2, 0.25) is 0 Å². The quantitative estimate of drug-likeness (QED) is 0.627. The third-order valence-electron chi connectivity index (χ3n) is 7.01. The minimum Gasteiger partial charge on any atom is -0.478 e. The van der Waals surface area contributed by atoms with E-state index in [2.05, 4.69) is 10.2 Å². The van der Waals surface area contributed by atoms with Gasteiger partial charge in [-0.1, -0.05) is 12.1 Å². The molecule has 3 aromatic rings. The van der Waals surface area contributed by atoms with Crippen LogP contribution in [0.5, 0.6) is 0 Å². The number of aromatic nitrogens is 2. The summed E-state index contributed by atoms with van der Waals surface area (Å²) in [5.74, 6) is -0.252. The third kappa shape index (κ3) is 3.72. The molecular weight excluding hydrogens is 404 g/mol. The third-order valence-corrected chi connectivity index (χ3v) is 7.01. The van der Waals surface area contributed by atoms with Gasteiger partial charge in [-0.2, -0.15) is 0 Å². The zero-order valence-electron chi connectivity index (χ0n) is 18.5. The molecule has 1 aliphatic carbocycles. The molecule has 0 amide bonds. The maximum absolute atomic E-state index is 13.0. The Bertz CT molecular complexity index is 1250. The Labute approximate surface area is 186 Å². The smallest absolute Gasteiger partial charge is 0.337 e. The monoisotopic (exact) mass is 432 g/mol. The summed E-state index contributed by atoms with van der Waals surface area (Å²) in [5, 5.41) is 12.8. The Morgan fingerprint density at radius 1 is 1.16 bits per heavy atom. The summed E-state index contributed by atoms with van der Waals surface area (Å²) in [6.45, 7) is 5.78. The molecule has 166 valence electrons. The van der Waals surface area contributed by atoms with Crippen molar-refractivity contribution in [3.63, 3.8) is 0 Å².